The minimum Gasteiger partial charge on any atom is -0.432 e. The van der Waals surface area contributed by atoms with E-state index in [1.165, 1.54) is 11.1 Å². The summed E-state index contributed by atoms with van der Waals surface area (Å²) in [4.78, 5) is 11.2. The van der Waals surface area contributed by atoms with Gasteiger partial charge in [0.2, 0.25) is 6.29 Å². The van der Waals surface area contributed by atoms with Gasteiger partial charge in [-0.1, -0.05) is 34.9 Å². The second-order valence-corrected chi connectivity index (χ2v) is 7.37. The van der Waals surface area contributed by atoms with Gasteiger partial charge in [0.1, 0.15) is 5.60 Å². The van der Waals surface area contributed by atoms with Crippen molar-refractivity contribution in [3.8, 4) is 0 Å². The van der Waals surface area contributed by atoms with Crippen LogP contribution in [0.3, 0.4) is 0 Å². The van der Waals surface area contributed by atoms with Gasteiger partial charge in [-0.3, -0.25) is 4.79 Å². The van der Waals surface area contributed by atoms with Crippen LogP contribution in [0.1, 0.15) is 66.2 Å². The van der Waals surface area contributed by atoms with Gasteiger partial charge in [-0.15, -0.1) is 0 Å². The standard InChI is InChI=1S/C20H30O4/c1-14(2)11-17(21)12-16(4)8-5-7-15(3)9-6-10-20-13-18(22)23-19(20)24-20/h8-9,11,17,19,21H,5-7,10,12-13H2,1-4H3/b15-9+,16-8+. The van der Waals surface area contributed by atoms with Crippen LogP contribution in [0.25, 0.3) is 0 Å². The smallest absolute Gasteiger partial charge is 0.311 e. The zero-order valence-electron chi connectivity index (χ0n) is 15.3. The Bertz CT molecular complexity index is 554. The first-order chi connectivity index (χ1) is 11.3. The summed E-state index contributed by atoms with van der Waals surface area (Å²) in [7, 11) is 0. The Morgan fingerprint density at radius 3 is 2.58 bits per heavy atom. The molecule has 0 saturated carbocycles. The van der Waals surface area contributed by atoms with Crippen LogP contribution in [0.5, 0.6) is 0 Å². The maximum Gasteiger partial charge on any atom is 0.311 e. The number of carbonyl (C=O) groups is 1. The summed E-state index contributed by atoms with van der Waals surface area (Å²) in [6, 6.07) is 0. The Morgan fingerprint density at radius 1 is 1.25 bits per heavy atom. The number of fused-ring (bicyclic) bond motifs is 1. The average molecular weight is 334 g/mol. The zero-order valence-corrected chi connectivity index (χ0v) is 15.3. The summed E-state index contributed by atoms with van der Waals surface area (Å²) in [6.45, 7) is 8.21. The largest absolute Gasteiger partial charge is 0.432 e. The summed E-state index contributed by atoms with van der Waals surface area (Å²) in [5.74, 6) is -0.136. The highest BCUT2D eigenvalue weighted by Gasteiger charge is 2.65. The van der Waals surface area contributed by atoms with Crippen molar-refractivity contribution in [2.24, 2.45) is 0 Å². The fourth-order valence-electron chi connectivity index (χ4n) is 3.17. The van der Waals surface area contributed by atoms with Crippen LogP contribution in [-0.2, 0) is 14.3 Å². The number of esters is 1. The number of hydrogen-bond donors (Lipinski definition) is 1. The van der Waals surface area contributed by atoms with Gasteiger partial charge in [0.05, 0.1) is 12.5 Å². The first kappa shape index (κ1) is 18.9. The minimum absolute atomic E-state index is 0.136. The molecule has 3 unspecified atom stereocenters. The topological polar surface area (TPSA) is 59.1 Å². The van der Waals surface area contributed by atoms with E-state index in [1.54, 1.807) is 0 Å². The van der Waals surface area contributed by atoms with E-state index >= 15 is 0 Å². The maximum absolute atomic E-state index is 11.2. The predicted octanol–water partition coefficient (Wildman–Crippen LogP) is 4.20. The normalized spacial score (nSPS) is 27.5. The first-order valence-corrected chi connectivity index (χ1v) is 8.82. The second kappa shape index (κ2) is 8.13. The minimum atomic E-state index is -0.384. The molecule has 2 rings (SSSR count). The molecule has 0 aliphatic carbocycles. The van der Waals surface area contributed by atoms with Crippen molar-refractivity contribution in [3.63, 3.8) is 0 Å². The van der Waals surface area contributed by atoms with Crippen LogP contribution in [0, 0.1) is 0 Å². The molecule has 0 amide bonds. The van der Waals surface area contributed by atoms with Crippen LogP contribution in [0.15, 0.2) is 34.9 Å². The van der Waals surface area contributed by atoms with E-state index < -0.39 is 0 Å². The Balaban J connectivity index is 1.65. The van der Waals surface area contributed by atoms with E-state index in [9.17, 15) is 9.90 Å². The van der Waals surface area contributed by atoms with Crippen molar-refractivity contribution >= 4 is 5.97 Å². The van der Waals surface area contributed by atoms with Gasteiger partial charge in [0, 0.05) is 0 Å². The molecule has 2 fully saturated rings. The second-order valence-electron chi connectivity index (χ2n) is 7.37. The molecule has 2 aliphatic rings. The van der Waals surface area contributed by atoms with Crippen LogP contribution < -0.4 is 0 Å². The Hall–Kier alpha value is -1.39. The molecular weight excluding hydrogens is 304 g/mol. The van der Waals surface area contributed by atoms with Gasteiger partial charge >= 0.3 is 5.97 Å². The van der Waals surface area contributed by atoms with E-state index in [2.05, 4.69) is 26.0 Å². The fraction of sp³-hybridized carbons (Fsp3) is 0.650. The molecule has 24 heavy (non-hydrogen) atoms. The maximum atomic E-state index is 11.2. The third-order valence-corrected chi connectivity index (χ3v) is 4.54. The third kappa shape index (κ3) is 5.60. The molecule has 0 aromatic carbocycles. The lowest BCUT2D eigenvalue weighted by atomic mass is 9.99. The number of aliphatic hydroxyl groups is 1. The molecule has 0 radical (unpaired) electrons. The lowest BCUT2D eigenvalue weighted by Crippen LogP contribution is -2.10. The van der Waals surface area contributed by atoms with Crippen LogP contribution in [0.4, 0.5) is 0 Å². The number of allylic oxidation sites excluding steroid dienone is 4. The molecule has 2 saturated heterocycles. The lowest BCUT2D eigenvalue weighted by Gasteiger charge is -2.07. The van der Waals surface area contributed by atoms with E-state index in [-0.39, 0.29) is 24.0 Å². The van der Waals surface area contributed by atoms with Crippen molar-refractivity contribution in [2.45, 2.75) is 84.2 Å². The highest BCUT2D eigenvalue weighted by molar-refractivity contribution is 5.74. The van der Waals surface area contributed by atoms with Gasteiger partial charge in [-0.05, 0) is 59.8 Å². The number of epoxide rings is 1. The molecule has 3 atom stereocenters. The monoisotopic (exact) mass is 334 g/mol. The predicted molar refractivity (Wildman–Crippen MR) is 94.3 cm³/mol. The molecule has 2 aliphatic heterocycles. The Morgan fingerprint density at radius 2 is 1.96 bits per heavy atom. The molecule has 134 valence electrons. The van der Waals surface area contributed by atoms with Gasteiger partial charge in [-0.2, -0.15) is 0 Å². The average Bonchev–Trinajstić information content (AvgIpc) is 2.99. The summed E-state index contributed by atoms with van der Waals surface area (Å²) >= 11 is 0. The number of ether oxygens (including phenoxy) is 2. The highest BCUT2D eigenvalue weighted by atomic mass is 16.8. The van der Waals surface area contributed by atoms with E-state index in [1.807, 2.05) is 19.9 Å². The quantitative estimate of drug-likeness (QED) is 0.390. The Labute approximate surface area is 145 Å². The van der Waals surface area contributed by atoms with Crippen molar-refractivity contribution in [3.05, 3.63) is 34.9 Å². The van der Waals surface area contributed by atoms with Crippen molar-refractivity contribution in [1.82, 2.24) is 0 Å². The van der Waals surface area contributed by atoms with Gasteiger partial charge in [0.15, 0.2) is 0 Å². The first-order valence-electron chi connectivity index (χ1n) is 8.82. The van der Waals surface area contributed by atoms with Gasteiger partial charge in [-0.25, -0.2) is 0 Å². The van der Waals surface area contributed by atoms with Crippen LogP contribution in [-0.4, -0.2) is 29.1 Å². The van der Waals surface area contributed by atoms with E-state index in [0.717, 1.165) is 31.3 Å². The Kier molecular flexibility index (Phi) is 6.41. The molecule has 0 spiro atoms. The fourth-order valence-corrected chi connectivity index (χ4v) is 3.17. The number of aliphatic hydroxyl groups excluding tert-OH is 1. The van der Waals surface area contributed by atoms with Gasteiger partial charge < -0.3 is 14.6 Å². The molecule has 2 heterocycles. The summed E-state index contributed by atoms with van der Waals surface area (Å²) < 4.78 is 10.5. The zero-order chi connectivity index (χ0) is 17.7. The number of carbonyl (C=O) groups excluding carboxylic acids is 1. The molecule has 0 bridgehead atoms. The summed E-state index contributed by atoms with van der Waals surface area (Å²) in [5, 5.41) is 9.89. The summed E-state index contributed by atoms with van der Waals surface area (Å²) in [5.41, 5.74) is 3.40. The molecule has 0 aromatic heterocycles. The lowest BCUT2D eigenvalue weighted by molar-refractivity contribution is -0.147. The molecular formula is C20H30O4. The molecule has 0 aromatic rings. The SMILES string of the molecule is CC(C)=CC(O)C/C(C)=C/CC/C(C)=C/CCC12CC(=O)OC1O2. The van der Waals surface area contributed by atoms with E-state index in [4.69, 9.17) is 9.47 Å². The number of hydrogen-bond acceptors (Lipinski definition) is 4. The van der Waals surface area contributed by atoms with Crippen LogP contribution >= 0.6 is 0 Å². The molecule has 4 nitrogen and oxygen atoms in total. The molecule has 1 N–H and O–H groups in total. The third-order valence-electron chi connectivity index (χ3n) is 4.54. The number of rotatable bonds is 9. The molecule has 4 heteroatoms. The van der Waals surface area contributed by atoms with Gasteiger partial charge in [0.25, 0.3) is 0 Å². The highest BCUT2D eigenvalue weighted by Crippen LogP contribution is 2.49. The van der Waals surface area contributed by atoms with Crippen LogP contribution in [0.2, 0.25) is 0 Å². The van der Waals surface area contributed by atoms with Crippen molar-refractivity contribution < 1.29 is 19.4 Å². The summed E-state index contributed by atoms with van der Waals surface area (Å²) in [6.07, 6.45) is 10.5. The van der Waals surface area contributed by atoms with Crippen molar-refractivity contribution in [2.75, 3.05) is 0 Å². The van der Waals surface area contributed by atoms with Crippen molar-refractivity contribution in [1.29, 1.82) is 0 Å². The van der Waals surface area contributed by atoms with E-state index in [0.29, 0.717) is 12.8 Å².